The number of aliphatic hydroxyl groups excluding tert-OH is 1. The van der Waals surface area contributed by atoms with Gasteiger partial charge in [-0.05, 0) is 50.6 Å². The number of benzene rings is 1. The molecule has 0 saturated heterocycles. The normalized spacial score (nSPS) is 16.5. The molecule has 8 heteroatoms. The highest BCUT2D eigenvalue weighted by Crippen LogP contribution is 2.43. The van der Waals surface area contributed by atoms with E-state index in [1.807, 2.05) is 19.0 Å². The van der Waals surface area contributed by atoms with E-state index in [0.717, 1.165) is 6.54 Å². The number of ether oxygens (including phenoxy) is 2. The van der Waals surface area contributed by atoms with Gasteiger partial charge in [-0.3, -0.25) is 9.59 Å². The van der Waals surface area contributed by atoms with Crippen LogP contribution < -0.4 is 9.47 Å². The Bertz CT molecular complexity index is 952. The number of thiophene rings is 1. The molecular formula is C22H26N2O5S. The van der Waals surface area contributed by atoms with E-state index in [4.69, 9.17) is 9.47 Å². The average molecular weight is 431 g/mol. The van der Waals surface area contributed by atoms with Crippen LogP contribution in [0.1, 0.15) is 27.7 Å². The molecule has 0 unspecified atom stereocenters. The van der Waals surface area contributed by atoms with E-state index in [9.17, 15) is 14.7 Å². The molecule has 1 aliphatic rings. The van der Waals surface area contributed by atoms with Crippen molar-refractivity contribution in [3.8, 4) is 11.5 Å². The van der Waals surface area contributed by atoms with Gasteiger partial charge in [0.1, 0.15) is 11.5 Å². The molecule has 0 radical (unpaired) electrons. The second kappa shape index (κ2) is 9.32. The van der Waals surface area contributed by atoms with Crippen molar-refractivity contribution >= 4 is 23.0 Å². The Morgan fingerprint density at radius 2 is 2.00 bits per heavy atom. The minimum atomic E-state index is -0.741. The summed E-state index contributed by atoms with van der Waals surface area (Å²) >= 11 is 1.27. The molecular weight excluding hydrogens is 404 g/mol. The van der Waals surface area contributed by atoms with Gasteiger partial charge in [0, 0.05) is 18.2 Å². The van der Waals surface area contributed by atoms with Crippen LogP contribution in [0.25, 0.3) is 0 Å². The van der Waals surface area contributed by atoms with Crippen molar-refractivity contribution in [2.75, 3.05) is 41.4 Å². The zero-order valence-corrected chi connectivity index (χ0v) is 18.4. The molecule has 0 bridgehead atoms. The van der Waals surface area contributed by atoms with Crippen molar-refractivity contribution in [2.24, 2.45) is 0 Å². The fourth-order valence-electron chi connectivity index (χ4n) is 3.58. The number of methoxy groups -OCH3 is 2. The van der Waals surface area contributed by atoms with Gasteiger partial charge in [-0.25, -0.2) is 0 Å². The van der Waals surface area contributed by atoms with Gasteiger partial charge >= 0.3 is 0 Å². The van der Waals surface area contributed by atoms with Gasteiger partial charge < -0.3 is 24.4 Å². The molecule has 1 amide bonds. The number of carbonyl (C=O) groups is 2. The van der Waals surface area contributed by atoms with Crippen molar-refractivity contribution in [3.63, 3.8) is 0 Å². The smallest absolute Gasteiger partial charge is 0.290 e. The summed E-state index contributed by atoms with van der Waals surface area (Å²) in [5, 5.41) is 12.5. The SMILES string of the molecule is COc1ccc([C@H]2C(C(=O)c3cccs3)=C(O)C(=O)N2CCCN(C)C)c(OC)c1. The minimum Gasteiger partial charge on any atom is -0.503 e. The third-order valence-corrected chi connectivity index (χ3v) is 5.90. The monoisotopic (exact) mass is 430 g/mol. The molecule has 3 rings (SSSR count). The number of Topliss-reactive ketones (excluding diaryl/α,β-unsaturated/α-hetero) is 1. The van der Waals surface area contributed by atoms with Crippen LogP contribution in [0.4, 0.5) is 0 Å². The molecule has 7 nitrogen and oxygen atoms in total. The molecule has 0 aliphatic carbocycles. The van der Waals surface area contributed by atoms with Gasteiger partial charge in [-0.15, -0.1) is 11.3 Å². The van der Waals surface area contributed by atoms with Gasteiger partial charge in [0.2, 0.25) is 5.78 Å². The fraction of sp³-hybridized carbons (Fsp3) is 0.364. The Morgan fingerprint density at radius 1 is 1.23 bits per heavy atom. The minimum absolute atomic E-state index is 0.0794. The Balaban J connectivity index is 2.08. The van der Waals surface area contributed by atoms with Gasteiger partial charge in [0.15, 0.2) is 5.76 Å². The molecule has 0 saturated carbocycles. The lowest BCUT2D eigenvalue weighted by Gasteiger charge is -2.28. The highest BCUT2D eigenvalue weighted by Gasteiger charge is 2.44. The maximum Gasteiger partial charge on any atom is 0.290 e. The molecule has 1 atom stereocenters. The summed E-state index contributed by atoms with van der Waals surface area (Å²) in [4.78, 5) is 30.2. The zero-order chi connectivity index (χ0) is 21.8. The lowest BCUT2D eigenvalue weighted by atomic mass is 9.94. The van der Waals surface area contributed by atoms with Crippen molar-refractivity contribution in [3.05, 3.63) is 57.5 Å². The number of aliphatic hydroxyl groups is 1. The highest BCUT2D eigenvalue weighted by atomic mass is 32.1. The zero-order valence-electron chi connectivity index (χ0n) is 17.5. The Labute approximate surface area is 180 Å². The van der Waals surface area contributed by atoms with Crippen LogP contribution in [0, 0.1) is 0 Å². The molecule has 1 aromatic carbocycles. The van der Waals surface area contributed by atoms with Gasteiger partial charge in [0.05, 0.1) is 30.7 Å². The quantitative estimate of drug-likeness (QED) is 0.615. The number of carbonyl (C=O) groups excluding carboxylic acids is 2. The predicted octanol–water partition coefficient (Wildman–Crippen LogP) is 3.30. The highest BCUT2D eigenvalue weighted by molar-refractivity contribution is 7.12. The number of hydrogen-bond donors (Lipinski definition) is 1. The molecule has 1 aromatic heterocycles. The van der Waals surface area contributed by atoms with Gasteiger partial charge in [-0.1, -0.05) is 6.07 Å². The fourth-order valence-corrected chi connectivity index (χ4v) is 4.26. The first-order chi connectivity index (χ1) is 14.4. The first-order valence-electron chi connectivity index (χ1n) is 9.58. The third-order valence-electron chi connectivity index (χ3n) is 5.03. The van der Waals surface area contributed by atoms with Crippen LogP contribution in [0.2, 0.25) is 0 Å². The second-order valence-corrected chi connectivity index (χ2v) is 8.18. The maximum atomic E-state index is 13.2. The lowest BCUT2D eigenvalue weighted by molar-refractivity contribution is -0.129. The summed E-state index contributed by atoms with van der Waals surface area (Å²) in [5.41, 5.74) is 0.705. The van der Waals surface area contributed by atoms with Crippen molar-refractivity contribution < 1.29 is 24.2 Å². The number of hydrogen-bond acceptors (Lipinski definition) is 7. The van der Waals surface area contributed by atoms with Crippen LogP contribution >= 0.6 is 11.3 Å². The first-order valence-corrected chi connectivity index (χ1v) is 10.5. The average Bonchev–Trinajstić information content (AvgIpc) is 3.35. The van der Waals surface area contributed by atoms with Crippen LogP contribution in [-0.4, -0.2) is 68.0 Å². The standard InChI is InChI=1S/C22H26N2O5S/c1-23(2)10-6-11-24-19(15-9-8-14(28-3)13-16(15)29-4)18(21(26)22(24)27)20(25)17-7-5-12-30-17/h5,7-9,12-13,19,26H,6,10-11H2,1-4H3/t19-/m0/s1. The molecule has 2 aromatic rings. The topological polar surface area (TPSA) is 79.3 Å². The van der Waals surface area contributed by atoms with Crippen LogP contribution in [-0.2, 0) is 4.79 Å². The van der Waals surface area contributed by atoms with Crippen molar-refractivity contribution in [1.82, 2.24) is 9.80 Å². The van der Waals surface area contributed by atoms with Crippen LogP contribution in [0.5, 0.6) is 11.5 Å². The maximum absolute atomic E-state index is 13.2. The molecule has 1 N–H and O–H groups in total. The number of ketones is 1. The largest absolute Gasteiger partial charge is 0.503 e. The van der Waals surface area contributed by atoms with E-state index in [0.29, 0.717) is 34.9 Å². The number of rotatable bonds is 9. The van der Waals surface area contributed by atoms with E-state index < -0.39 is 17.7 Å². The Morgan fingerprint density at radius 3 is 2.60 bits per heavy atom. The summed E-state index contributed by atoms with van der Waals surface area (Å²) in [6.45, 7) is 1.16. The summed E-state index contributed by atoms with van der Waals surface area (Å²) in [7, 11) is 6.99. The van der Waals surface area contributed by atoms with Gasteiger partial charge in [0.25, 0.3) is 5.91 Å². The number of amides is 1. The molecule has 30 heavy (non-hydrogen) atoms. The van der Waals surface area contributed by atoms with Crippen LogP contribution in [0.3, 0.4) is 0 Å². The molecule has 0 spiro atoms. The second-order valence-electron chi connectivity index (χ2n) is 7.23. The summed E-state index contributed by atoms with van der Waals surface area (Å²) < 4.78 is 10.8. The Kier molecular flexibility index (Phi) is 6.79. The third kappa shape index (κ3) is 4.20. The van der Waals surface area contributed by atoms with E-state index in [1.54, 1.807) is 47.7 Å². The van der Waals surface area contributed by atoms with E-state index >= 15 is 0 Å². The van der Waals surface area contributed by atoms with Gasteiger partial charge in [-0.2, -0.15) is 0 Å². The van der Waals surface area contributed by atoms with E-state index in [2.05, 4.69) is 0 Å². The first kappa shape index (κ1) is 21.9. The lowest BCUT2D eigenvalue weighted by Crippen LogP contribution is -2.33. The number of nitrogens with zero attached hydrogens (tertiary/aromatic N) is 2. The summed E-state index contributed by atoms with van der Waals surface area (Å²) in [6, 6.07) is 7.95. The predicted molar refractivity (Wildman–Crippen MR) is 115 cm³/mol. The van der Waals surface area contributed by atoms with E-state index in [1.165, 1.54) is 18.4 Å². The van der Waals surface area contributed by atoms with E-state index in [-0.39, 0.29) is 11.4 Å². The molecule has 2 heterocycles. The van der Waals surface area contributed by atoms with Crippen molar-refractivity contribution in [1.29, 1.82) is 0 Å². The summed E-state index contributed by atoms with van der Waals surface area (Å²) in [6.07, 6.45) is 0.696. The molecule has 1 aliphatic heterocycles. The van der Waals surface area contributed by atoms with Crippen molar-refractivity contribution in [2.45, 2.75) is 12.5 Å². The summed E-state index contributed by atoms with van der Waals surface area (Å²) in [5.74, 6) is -0.319. The molecule has 0 fully saturated rings. The van der Waals surface area contributed by atoms with Crippen LogP contribution in [0.15, 0.2) is 47.0 Å². The Hall–Kier alpha value is -2.84. The molecule has 160 valence electrons.